The molecule has 0 aliphatic rings. The minimum Gasteiger partial charge on any atom is -0.481 e. The first-order valence-electron chi connectivity index (χ1n) is 24.6. The van der Waals surface area contributed by atoms with Crippen LogP contribution < -0.4 is 9.47 Å². The number of hydrogen-bond donors (Lipinski definition) is 2. The van der Waals surface area contributed by atoms with E-state index in [1.54, 1.807) is 14.2 Å². The molecule has 0 radical (unpaired) electrons. The van der Waals surface area contributed by atoms with Gasteiger partial charge in [-0.1, -0.05) is 145 Å². The summed E-state index contributed by atoms with van der Waals surface area (Å²) >= 11 is 0. The van der Waals surface area contributed by atoms with Crippen molar-refractivity contribution in [2.24, 2.45) is 0 Å². The monoisotopic (exact) mass is 937 g/mol. The van der Waals surface area contributed by atoms with Crippen molar-refractivity contribution >= 4 is 21.8 Å². The third-order valence-corrected chi connectivity index (χ3v) is 13.6. The predicted octanol–water partition coefficient (Wildman–Crippen LogP) is 12.0. The number of pyridine rings is 2. The summed E-state index contributed by atoms with van der Waals surface area (Å²) in [5.41, 5.74) is 8.55. The number of methoxy groups -OCH3 is 2. The fourth-order valence-corrected chi connectivity index (χ4v) is 9.85. The Morgan fingerprint density at radius 3 is 1.13 bits per heavy atom. The van der Waals surface area contributed by atoms with Gasteiger partial charge in [0.1, 0.15) is 0 Å². The summed E-state index contributed by atoms with van der Waals surface area (Å²) in [6.45, 7) is 5.73. The number of aliphatic hydroxyl groups is 2. The van der Waals surface area contributed by atoms with Crippen LogP contribution in [0.1, 0.15) is 82.0 Å². The number of aromatic nitrogens is 2. The first-order chi connectivity index (χ1) is 33.8. The molecule has 2 N–H and O–H groups in total. The highest BCUT2D eigenvalue weighted by atomic mass is 16.5. The second-order valence-electron chi connectivity index (χ2n) is 19.5. The van der Waals surface area contributed by atoms with E-state index in [9.17, 15) is 10.2 Å². The van der Waals surface area contributed by atoms with E-state index in [1.165, 1.54) is 22.3 Å². The van der Waals surface area contributed by atoms with Gasteiger partial charge in [0.25, 0.3) is 0 Å². The van der Waals surface area contributed by atoms with E-state index in [-0.39, 0.29) is 11.8 Å². The molecule has 0 aliphatic carbocycles. The van der Waals surface area contributed by atoms with E-state index in [0.29, 0.717) is 37.4 Å². The number of benzene rings is 6. The van der Waals surface area contributed by atoms with Crippen LogP contribution in [0.4, 0.5) is 0 Å². The second kappa shape index (κ2) is 23.9. The van der Waals surface area contributed by atoms with Gasteiger partial charge in [-0.05, 0) is 139 Å². The molecule has 2 aromatic heterocycles. The first kappa shape index (κ1) is 51.4. The van der Waals surface area contributed by atoms with Crippen molar-refractivity contribution in [3.05, 3.63) is 214 Å². The molecule has 4 atom stereocenters. The molecular weight excluding hydrogens is 865 g/mol. The van der Waals surface area contributed by atoms with Gasteiger partial charge in [0.05, 0.1) is 36.5 Å². The summed E-state index contributed by atoms with van der Waals surface area (Å²) in [4.78, 5) is 14.0. The number of rotatable bonds is 20. The van der Waals surface area contributed by atoms with Gasteiger partial charge in [0.15, 0.2) is 0 Å². The molecule has 0 fully saturated rings. The Morgan fingerprint density at radius 1 is 0.457 bits per heavy atom. The van der Waals surface area contributed by atoms with E-state index in [1.807, 2.05) is 60.7 Å². The number of fused-ring (bicyclic) bond motifs is 2. The van der Waals surface area contributed by atoms with Gasteiger partial charge in [-0.3, -0.25) is 0 Å². The molecule has 364 valence electrons. The number of hydrogen-bond acceptors (Lipinski definition) is 8. The first-order valence-corrected chi connectivity index (χ1v) is 24.6. The van der Waals surface area contributed by atoms with Crippen LogP contribution in [-0.2, 0) is 12.8 Å². The summed E-state index contributed by atoms with van der Waals surface area (Å²) in [6.07, 6.45) is 4.08. The van der Waals surface area contributed by atoms with Crippen molar-refractivity contribution in [2.45, 2.75) is 75.4 Å². The number of aryl methyl sites for hydroxylation is 4. The molecule has 8 rings (SSSR count). The van der Waals surface area contributed by atoms with Gasteiger partial charge >= 0.3 is 0 Å². The predicted molar refractivity (Wildman–Crippen MR) is 288 cm³/mol. The van der Waals surface area contributed by atoms with Crippen molar-refractivity contribution in [2.75, 3.05) is 55.5 Å². The van der Waals surface area contributed by atoms with Crippen LogP contribution in [0.5, 0.6) is 11.8 Å². The zero-order valence-electron chi connectivity index (χ0n) is 42.5. The molecule has 8 aromatic rings. The van der Waals surface area contributed by atoms with Gasteiger partial charge in [-0.2, -0.15) is 0 Å². The zero-order chi connectivity index (χ0) is 49.7. The van der Waals surface area contributed by atoms with Crippen molar-refractivity contribution in [3.8, 4) is 11.8 Å². The fourth-order valence-electron chi connectivity index (χ4n) is 9.85. The maximum atomic E-state index is 12.5. The summed E-state index contributed by atoms with van der Waals surface area (Å²) in [5, 5.41) is 27.2. The molecule has 0 saturated carbocycles. The molecule has 70 heavy (non-hydrogen) atoms. The van der Waals surface area contributed by atoms with E-state index in [2.05, 4.69) is 161 Å². The summed E-state index contributed by atoms with van der Waals surface area (Å²) in [7, 11) is 11.5. The minimum absolute atomic E-state index is 0.292. The highest BCUT2D eigenvalue weighted by molar-refractivity contribution is 5.82. The minimum atomic E-state index is -1.01. The van der Waals surface area contributed by atoms with Crippen LogP contribution in [0.25, 0.3) is 21.8 Å². The third-order valence-electron chi connectivity index (χ3n) is 13.6. The Kier molecular flexibility index (Phi) is 17.6. The van der Waals surface area contributed by atoms with Crippen LogP contribution in [0, 0.1) is 13.8 Å². The topological polar surface area (TPSA) is 91.2 Å². The van der Waals surface area contributed by atoms with Crippen LogP contribution in [0.2, 0.25) is 0 Å². The highest BCUT2D eigenvalue weighted by Gasteiger charge is 2.42. The highest BCUT2D eigenvalue weighted by Crippen LogP contribution is 2.46. The lowest BCUT2D eigenvalue weighted by atomic mass is 9.72. The summed E-state index contributed by atoms with van der Waals surface area (Å²) in [6, 6.07) is 58.2. The van der Waals surface area contributed by atoms with Gasteiger partial charge < -0.3 is 29.5 Å². The maximum Gasteiger partial charge on any atom is 0.217 e. The molecule has 4 unspecified atom stereocenters. The lowest BCUT2D eigenvalue weighted by molar-refractivity contribution is 0.000436. The molecule has 0 spiro atoms. The van der Waals surface area contributed by atoms with Crippen molar-refractivity contribution in [1.29, 1.82) is 0 Å². The zero-order valence-corrected chi connectivity index (χ0v) is 42.5. The molecule has 8 nitrogen and oxygen atoms in total. The quantitative estimate of drug-likeness (QED) is 0.0781. The molecule has 0 bridgehead atoms. The SMILES string of the molecule is COc1nc2ccc(C)cc2cc1C(c1ccccc1)C(O)(CCc1ccccc1)CCN(C)C.COc1nc2ccc(C)cc2cc1C(c1ccccc1)C(O)(CCc1ccccc1)CCN(C)C. The van der Waals surface area contributed by atoms with Gasteiger partial charge in [0, 0.05) is 46.8 Å². The smallest absolute Gasteiger partial charge is 0.217 e. The largest absolute Gasteiger partial charge is 0.481 e. The van der Waals surface area contributed by atoms with Gasteiger partial charge in [-0.25, -0.2) is 9.97 Å². The Bertz CT molecular complexity index is 2680. The average molecular weight is 937 g/mol. The molecule has 6 aromatic carbocycles. The van der Waals surface area contributed by atoms with E-state index in [4.69, 9.17) is 19.4 Å². The van der Waals surface area contributed by atoms with E-state index < -0.39 is 11.2 Å². The Balaban J connectivity index is 0.000000206. The van der Waals surface area contributed by atoms with Crippen molar-refractivity contribution < 1.29 is 19.7 Å². The Morgan fingerprint density at radius 2 is 0.800 bits per heavy atom. The summed E-state index contributed by atoms with van der Waals surface area (Å²) in [5.74, 6) is 0.552. The van der Waals surface area contributed by atoms with E-state index >= 15 is 0 Å². The van der Waals surface area contributed by atoms with Gasteiger partial charge in [-0.15, -0.1) is 0 Å². The van der Waals surface area contributed by atoms with Crippen LogP contribution in [0.3, 0.4) is 0 Å². The number of nitrogens with zero attached hydrogens (tertiary/aromatic N) is 4. The van der Waals surface area contributed by atoms with Crippen LogP contribution in [0.15, 0.2) is 170 Å². The second-order valence-corrected chi connectivity index (χ2v) is 19.5. The fraction of sp³-hybridized carbons (Fsp3) is 0.323. The third kappa shape index (κ3) is 13.1. The molecule has 8 heteroatoms. The molecule has 0 amide bonds. The maximum absolute atomic E-state index is 12.5. The number of ether oxygens (including phenoxy) is 2. The van der Waals surface area contributed by atoms with Crippen molar-refractivity contribution in [1.82, 2.24) is 19.8 Å². The molecule has 0 aliphatic heterocycles. The molecular formula is C62H72N4O4. The molecule has 2 heterocycles. The van der Waals surface area contributed by atoms with Gasteiger partial charge in [0.2, 0.25) is 11.8 Å². The van der Waals surface area contributed by atoms with Crippen molar-refractivity contribution in [3.63, 3.8) is 0 Å². The van der Waals surface area contributed by atoms with E-state index in [0.717, 1.165) is 70.0 Å². The Labute approximate surface area is 416 Å². The normalized spacial score (nSPS) is 14.1. The van der Waals surface area contributed by atoms with Crippen LogP contribution in [-0.4, -0.2) is 96.7 Å². The standard InChI is InChI=1S/2C31H36N2O2/c2*1-23-15-16-28-26(21-23)22-27(30(32-28)35-4)29(25-13-9-6-10-14-25)31(34,19-20-33(2)3)18-17-24-11-7-5-8-12-24/h2*5-16,21-22,29,34H,17-20H2,1-4H3. The lowest BCUT2D eigenvalue weighted by Crippen LogP contribution is -2.40. The lowest BCUT2D eigenvalue weighted by Gasteiger charge is -2.38. The Hall–Kier alpha value is -6.42. The summed E-state index contributed by atoms with van der Waals surface area (Å²) < 4.78 is 11.7. The van der Waals surface area contributed by atoms with Crippen LogP contribution >= 0.6 is 0 Å². The average Bonchev–Trinajstić information content (AvgIpc) is 3.37. The molecule has 0 saturated heterocycles.